The molecular formula is C14H21NO2. The summed E-state index contributed by atoms with van der Waals surface area (Å²) >= 11 is 0. The molecule has 0 saturated heterocycles. The number of nitrogens with two attached hydrogens (primary N) is 1. The number of rotatable bonds is 3. The number of hydrogen-bond donors (Lipinski definition) is 1. The summed E-state index contributed by atoms with van der Waals surface area (Å²) in [5.74, 6) is -0.387. The Morgan fingerprint density at radius 1 is 1.29 bits per heavy atom. The second kappa shape index (κ2) is 5.32. The Balaban J connectivity index is 2.74. The standard InChI is InChI=1S/C14H21NO2/c1-5-10-6-8-11(9-7-10)12(15)13(16)17-14(2,3)4/h6-9,12H,5,15H2,1-4H3. The molecule has 0 radical (unpaired) electrons. The van der Waals surface area contributed by atoms with Crippen LogP contribution in [0.5, 0.6) is 0 Å². The topological polar surface area (TPSA) is 52.3 Å². The number of esters is 1. The van der Waals surface area contributed by atoms with E-state index in [1.165, 1.54) is 5.56 Å². The van der Waals surface area contributed by atoms with Gasteiger partial charge in [0.1, 0.15) is 11.6 Å². The summed E-state index contributed by atoms with van der Waals surface area (Å²) in [6.07, 6.45) is 0.974. The first kappa shape index (κ1) is 13.7. The predicted molar refractivity (Wildman–Crippen MR) is 68.6 cm³/mol. The van der Waals surface area contributed by atoms with Gasteiger partial charge in [0, 0.05) is 0 Å². The van der Waals surface area contributed by atoms with Gasteiger partial charge in [0.15, 0.2) is 0 Å². The molecule has 0 saturated carbocycles. The van der Waals surface area contributed by atoms with E-state index in [4.69, 9.17) is 10.5 Å². The number of carbonyl (C=O) groups excluding carboxylic acids is 1. The van der Waals surface area contributed by atoms with E-state index in [1.54, 1.807) is 0 Å². The fourth-order valence-corrected chi connectivity index (χ4v) is 1.46. The Morgan fingerprint density at radius 2 is 1.82 bits per heavy atom. The average molecular weight is 235 g/mol. The molecule has 2 N–H and O–H groups in total. The van der Waals surface area contributed by atoms with Crippen LogP contribution >= 0.6 is 0 Å². The van der Waals surface area contributed by atoms with E-state index in [-0.39, 0.29) is 5.97 Å². The maximum absolute atomic E-state index is 11.8. The van der Waals surface area contributed by atoms with Crippen molar-refractivity contribution >= 4 is 5.97 Å². The van der Waals surface area contributed by atoms with Crippen LogP contribution < -0.4 is 5.73 Å². The first-order valence-corrected chi connectivity index (χ1v) is 5.91. The third-order valence-electron chi connectivity index (χ3n) is 2.41. The largest absolute Gasteiger partial charge is 0.459 e. The fraction of sp³-hybridized carbons (Fsp3) is 0.500. The summed E-state index contributed by atoms with van der Waals surface area (Å²) in [7, 11) is 0. The maximum atomic E-state index is 11.8. The predicted octanol–water partition coefficient (Wildman–Crippen LogP) is 2.59. The van der Waals surface area contributed by atoms with Gasteiger partial charge in [-0.3, -0.25) is 0 Å². The first-order chi connectivity index (χ1) is 7.83. The first-order valence-electron chi connectivity index (χ1n) is 5.91. The lowest BCUT2D eigenvalue weighted by atomic mass is 10.0. The second-order valence-electron chi connectivity index (χ2n) is 5.11. The number of hydrogen-bond acceptors (Lipinski definition) is 3. The zero-order chi connectivity index (χ0) is 13.1. The normalized spacial score (nSPS) is 13.2. The number of aryl methyl sites for hydroxylation is 1. The van der Waals surface area contributed by atoms with Crippen LogP contribution in [-0.2, 0) is 16.0 Å². The molecule has 0 heterocycles. The Hall–Kier alpha value is -1.35. The quantitative estimate of drug-likeness (QED) is 0.819. The van der Waals surface area contributed by atoms with Crippen LogP contribution in [0.4, 0.5) is 0 Å². The highest BCUT2D eigenvalue weighted by Crippen LogP contribution is 2.17. The SMILES string of the molecule is CCc1ccc(C(N)C(=O)OC(C)(C)C)cc1. The van der Waals surface area contributed by atoms with E-state index < -0.39 is 11.6 Å². The van der Waals surface area contributed by atoms with E-state index >= 15 is 0 Å². The van der Waals surface area contributed by atoms with Gasteiger partial charge in [-0.2, -0.15) is 0 Å². The zero-order valence-electron chi connectivity index (χ0n) is 11.0. The van der Waals surface area contributed by atoms with E-state index in [2.05, 4.69) is 6.92 Å². The van der Waals surface area contributed by atoms with Gasteiger partial charge in [-0.1, -0.05) is 31.2 Å². The van der Waals surface area contributed by atoms with E-state index in [0.29, 0.717) is 0 Å². The summed E-state index contributed by atoms with van der Waals surface area (Å²) in [6.45, 7) is 7.58. The van der Waals surface area contributed by atoms with Gasteiger partial charge >= 0.3 is 5.97 Å². The second-order valence-corrected chi connectivity index (χ2v) is 5.11. The number of carbonyl (C=O) groups is 1. The molecule has 0 aliphatic carbocycles. The van der Waals surface area contributed by atoms with Crippen molar-refractivity contribution in [3.8, 4) is 0 Å². The maximum Gasteiger partial charge on any atom is 0.328 e. The molecule has 0 aliphatic heterocycles. The van der Waals surface area contributed by atoms with Crippen molar-refractivity contribution in [3.05, 3.63) is 35.4 Å². The number of benzene rings is 1. The molecule has 1 aromatic carbocycles. The Kier molecular flexibility index (Phi) is 4.29. The van der Waals surface area contributed by atoms with Crippen molar-refractivity contribution in [2.45, 2.75) is 45.8 Å². The lowest BCUT2D eigenvalue weighted by molar-refractivity contribution is -0.156. The fourth-order valence-electron chi connectivity index (χ4n) is 1.46. The molecule has 1 rings (SSSR count). The molecule has 0 aliphatic rings. The summed E-state index contributed by atoms with van der Waals surface area (Å²) in [4.78, 5) is 11.8. The molecule has 1 unspecified atom stereocenters. The lowest BCUT2D eigenvalue weighted by Gasteiger charge is -2.22. The Morgan fingerprint density at radius 3 is 2.24 bits per heavy atom. The molecular weight excluding hydrogens is 214 g/mol. The molecule has 3 heteroatoms. The van der Waals surface area contributed by atoms with Gasteiger partial charge in [-0.25, -0.2) is 4.79 Å². The van der Waals surface area contributed by atoms with Crippen LogP contribution in [0.3, 0.4) is 0 Å². The Labute approximate surface area is 103 Å². The monoisotopic (exact) mass is 235 g/mol. The van der Waals surface area contributed by atoms with Gasteiger partial charge in [0.2, 0.25) is 0 Å². The highest BCUT2D eigenvalue weighted by Gasteiger charge is 2.23. The van der Waals surface area contributed by atoms with Crippen molar-refractivity contribution in [3.63, 3.8) is 0 Å². The third-order valence-corrected chi connectivity index (χ3v) is 2.41. The summed E-state index contributed by atoms with van der Waals surface area (Å²) in [5.41, 5.74) is 7.38. The molecule has 1 aromatic rings. The lowest BCUT2D eigenvalue weighted by Crippen LogP contribution is -2.31. The molecule has 3 nitrogen and oxygen atoms in total. The van der Waals surface area contributed by atoms with Crippen molar-refractivity contribution < 1.29 is 9.53 Å². The van der Waals surface area contributed by atoms with Crippen LogP contribution in [0.25, 0.3) is 0 Å². The summed E-state index contributed by atoms with van der Waals surface area (Å²) in [6, 6.07) is 7.03. The molecule has 0 aromatic heterocycles. The molecule has 1 atom stereocenters. The van der Waals surface area contributed by atoms with Crippen molar-refractivity contribution in [1.29, 1.82) is 0 Å². The molecule has 0 amide bonds. The van der Waals surface area contributed by atoms with Crippen LogP contribution in [0.15, 0.2) is 24.3 Å². The zero-order valence-corrected chi connectivity index (χ0v) is 11.0. The van der Waals surface area contributed by atoms with E-state index in [0.717, 1.165) is 12.0 Å². The smallest absolute Gasteiger partial charge is 0.328 e. The molecule has 0 bridgehead atoms. The van der Waals surface area contributed by atoms with Gasteiger partial charge in [-0.15, -0.1) is 0 Å². The molecule has 0 spiro atoms. The van der Waals surface area contributed by atoms with E-state index in [1.807, 2.05) is 45.0 Å². The van der Waals surface area contributed by atoms with Gasteiger partial charge in [0.05, 0.1) is 0 Å². The van der Waals surface area contributed by atoms with Crippen LogP contribution in [-0.4, -0.2) is 11.6 Å². The minimum Gasteiger partial charge on any atom is -0.459 e. The molecule has 0 fully saturated rings. The van der Waals surface area contributed by atoms with Gasteiger partial charge in [0.25, 0.3) is 0 Å². The van der Waals surface area contributed by atoms with Crippen molar-refractivity contribution in [2.75, 3.05) is 0 Å². The van der Waals surface area contributed by atoms with Crippen LogP contribution in [0.1, 0.15) is 44.9 Å². The minimum atomic E-state index is -0.708. The number of ether oxygens (including phenoxy) is 1. The van der Waals surface area contributed by atoms with Gasteiger partial charge in [-0.05, 0) is 38.3 Å². The Bertz CT molecular complexity index is 376. The molecule has 94 valence electrons. The third kappa shape index (κ3) is 4.19. The summed E-state index contributed by atoms with van der Waals surface area (Å²) in [5, 5.41) is 0. The highest BCUT2D eigenvalue weighted by atomic mass is 16.6. The average Bonchev–Trinajstić information content (AvgIpc) is 2.26. The highest BCUT2D eigenvalue weighted by molar-refractivity contribution is 5.77. The summed E-state index contributed by atoms with van der Waals surface area (Å²) < 4.78 is 5.25. The van der Waals surface area contributed by atoms with Crippen molar-refractivity contribution in [1.82, 2.24) is 0 Å². The van der Waals surface area contributed by atoms with Crippen LogP contribution in [0.2, 0.25) is 0 Å². The van der Waals surface area contributed by atoms with E-state index in [9.17, 15) is 4.79 Å². The van der Waals surface area contributed by atoms with Crippen molar-refractivity contribution in [2.24, 2.45) is 5.73 Å². The van der Waals surface area contributed by atoms with Crippen LogP contribution in [0, 0.1) is 0 Å². The minimum absolute atomic E-state index is 0.387. The molecule has 17 heavy (non-hydrogen) atoms. The van der Waals surface area contributed by atoms with Gasteiger partial charge < -0.3 is 10.5 Å².